The molecule has 1 aliphatic heterocycles. The predicted octanol–water partition coefficient (Wildman–Crippen LogP) is 1.11. The number of urea groups is 1. The van der Waals surface area contributed by atoms with Crippen molar-refractivity contribution in [3.8, 4) is 6.07 Å². The molecule has 3 aromatic rings. The van der Waals surface area contributed by atoms with Crippen molar-refractivity contribution in [3.05, 3.63) is 53.4 Å². The normalized spacial score (nSPS) is 14.9. The third kappa shape index (κ3) is 2.89. The number of para-hydroxylation sites is 1. The predicted molar refractivity (Wildman–Crippen MR) is 96.5 cm³/mol. The van der Waals surface area contributed by atoms with E-state index in [1.807, 2.05) is 0 Å². The van der Waals surface area contributed by atoms with Gasteiger partial charge in [0, 0.05) is 11.6 Å². The van der Waals surface area contributed by atoms with Crippen LogP contribution in [0.25, 0.3) is 11.7 Å². The molecule has 27 heavy (non-hydrogen) atoms. The van der Waals surface area contributed by atoms with Crippen molar-refractivity contribution >= 4 is 41.0 Å². The van der Waals surface area contributed by atoms with Crippen LogP contribution < -0.4 is 21.7 Å². The molecule has 0 spiro atoms. The molecule has 0 radical (unpaired) electrons. The van der Waals surface area contributed by atoms with Crippen molar-refractivity contribution in [2.24, 2.45) is 0 Å². The van der Waals surface area contributed by atoms with Gasteiger partial charge in [0.25, 0.3) is 5.91 Å². The molecule has 1 saturated heterocycles. The minimum atomic E-state index is -0.592. The summed E-state index contributed by atoms with van der Waals surface area (Å²) >= 11 is 0. The van der Waals surface area contributed by atoms with Crippen LogP contribution in [0.2, 0.25) is 0 Å². The van der Waals surface area contributed by atoms with Crippen LogP contribution in [0.5, 0.6) is 0 Å². The maximum atomic E-state index is 11.7. The summed E-state index contributed by atoms with van der Waals surface area (Å²) in [5.74, 6) is 0.175. The van der Waals surface area contributed by atoms with Gasteiger partial charge in [-0.3, -0.25) is 10.1 Å². The number of rotatable bonds is 3. The van der Waals surface area contributed by atoms with Gasteiger partial charge in [-0.2, -0.15) is 14.9 Å². The number of hydrogen-bond donors (Lipinski definition) is 4. The highest BCUT2D eigenvalue weighted by molar-refractivity contribution is 6.14. The number of nitrogens with zero attached hydrogens (tertiary/aromatic N) is 4. The van der Waals surface area contributed by atoms with E-state index < -0.39 is 11.9 Å². The number of nitrogen functional groups attached to an aromatic ring is 1. The van der Waals surface area contributed by atoms with Crippen LogP contribution in [-0.4, -0.2) is 26.5 Å². The van der Waals surface area contributed by atoms with E-state index in [4.69, 9.17) is 5.73 Å². The Morgan fingerprint density at radius 2 is 2.07 bits per heavy atom. The van der Waals surface area contributed by atoms with Crippen LogP contribution in [0.4, 0.5) is 22.1 Å². The fraction of sp³-hybridized carbons (Fsp3) is 0. The molecule has 132 valence electrons. The van der Waals surface area contributed by atoms with E-state index >= 15 is 0 Å². The zero-order chi connectivity index (χ0) is 19.0. The number of carbonyl (C=O) groups is 2. The lowest BCUT2D eigenvalue weighted by Crippen LogP contribution is -2.22. The Morgan fingerprint density at radius 3 is 2.81 bits per heavy atom. The zero-order valence-electron chi connectivity index (χ0n) is 13.7. The summed E-state index contributed by atoms with van der Waals surface area (Å²) < 4.78 is 1.41. The third-order valence-electron chi connectivity index (χ3n) is 3.86. The van der Waals surface area contributed by atoms with Crippen molar-refractivity contribution in [1.82, 2.24) is 25.2 Å². The Morgan fingerprint density at radius 1 is 1.26 bits per heavy atom. The van der Waals surface area contributed by atoms with E-state index in [0.717, 1.165) is 0 Å². The average molecular weight is 360 g/mol. The summed E-state index contributed by atoms with van der Waals surface area (Å²) in [6.07, 6.45) is 2.94. The molecule has 2 aromatic heterocycles. The highest BCUT2D eigenvalue weighted by Crippen LogP contribution is 2.23. The van der Waals surface area contributed by atoms with Gasteiger partial charge in [0.15, 0.2) is 5.65 Å². The molecule has 0 aliphatic carbocycles. The van der Waals surface area contributed by atoms with Gasteiger partial charge in [-0.1, -0.05) is 12.1 Å². The second kappa shape index (κ2) is 6.16. The Kier molecular flexibility index (Phi) is 3.67. The molecule has 3 heterocycles. The summed E-state index contributed by atoms with van der Waals surface area (Å²) in [5.41, 5.74) is 8.04. The maximum absolute atomic E-state index is 11.7. The van der Waals surface area contributed by atoms with E-state index in [2.05, 4.69) is 32.1 Å². The van der Waals surface area contributed by atoms with Gasteiger partial charge in [0.05, 0.1) is 17.4 Å². The van der Waals surface area contributed by atoms with Gasteiger partial charge in [0.1, 0.15) is 23.4 Å². The summed E-state index contributed by atoms with van der Waals surface area (Å²) in [4.78, 5) is 27.4. The average Bonchev–Trinajstić information content (AvgIpc) is 3.19. The van der Waals surface area contributed by atoms with Gasteiger partial charge >= 0.3 is 6.03 Å². The summed E-state index contributed by atoms with van der Waals surface area (Å²) in [7, 11) is 0. The lowest BCUT2D eigenvalue weighted by molar-refractivity contribution is -0.115. The first-order valence-corrected chi connectivity index (χ1v) is 7.79. The van der Waals surface area contributed by atoms with Crippen molar-refractivity contribution in [2.75, 3.05) is 11.1 Å². The number of hydrogen-bond acceptors (Lipinski definition) is 7. The summed E-state index contributed by atoms with van der Waals surface area (Å²) in [6, 6.07) is 10.1. The first-order valence-electron chi connectivity index (χ1n) is 7.79. The number of nitriles is 1. The molecule has 1 aliphatic rings. The van der Waals surface area contributed by atoms with Gasteiger partial charge < -0.3 is 16.4 Å². The lowest BCUT2D eigenvalue weighted by atomic mass is 10.2. The van der Waals surface area contributed by atoms with Gasteiger partial charge in [-0.05, 0) is 18.2 Å². The van der Waals surface area contributed by atoms with Crippen LogP contribution >= 0.6 is 0 Å². The minimum absolute atomic E-state index is 0.0865. The molecular formula is C17H12N8O2. The molecule has 5 N–H and O–H groups in total. The molecule has 3 amide bonds. The SMILES string of the molecule is N#Cc1ccccc1Nc1cc(N)n2ncc(/C=C3\NC(=O)NC3=O)c2n1. The standard InChI is InChI=1S/C17H12N8O2/c18-7-9-3-1-2-4-11(9)21-14-6-13(19)25-15(23-14)10(8-20-25)5-12-16(26)24-17(27)22-12/h1-6,8H,19H2,(H,21,23)(H2,22,24,26,27)/b12-5-. The fourth-order valence-electron chi connectivity index (χ4n) is 2.63. The maximum Gasteiger partial charge on any atom is 0.326 e. The highest BCUT2D eigenvalue weighted by Gasteiger charge is 2.23. The Balaban J connectivity index is 1.77. The van der Waals surface area contributed by atoms with Gasteiger partial charge in [0.2, 0.25) is 0 Å². The number of anilines is 3. The van der Waals surface area contributed by atoms with Crippen molar-refractivity contribution in [1.29, 1.82) is 5.26 Å². The van der Waals surface area contributed by atoms with Crippen LogP contribution in [0, 0.1) is 11.3 Å². The molecule has 10 nitrogen and oxygen atoms in total. The van der Waals surface area contributed by atoms with Crippen LogP contribution in [0.15, 0.2) is 42.2 Å². The minimum Gasteiger partial charge on any atom is -0.383 e. The number of aromatic nitrogens is 3. The number of nitrogens with one attached hydrogen (secondary N) is 3. The number of benzene rings is 1. The van der Waals surface area contributed by atoms with Gasteiger partial charge in [-0.15, -0.1) is 0 Å². The Labute approximate surface area is 152 Å². The number of imide groups is 1. The number of amides is 3. The second-order valence-electron chi connectivity index (χ2n) is 5.65. The number of fused-ring (bicyclic) bond motifs is 1. The molecule has 0 saturated carbocycles. The molecule has 4 rings (SSSR count). The number of nitrogens with two attached hydrogens (primary N) is 1. The van der Waals surface area contributed by atoms with E-state index in [0.29, 0.717) is 34.1 Å². The largest absolute Gasteiger partial charge is 0.383 e. The lowest BCUT2D eigenvalue weighted by Gasteiger charge is -2.09. The molecular weight excluding hydrogens is 348 g/mol. The first kappa shape index (κ1) is 16.1. The van der Waals surface area contributed by atoms with E-state index in [9.17, 15) is 14.9 Å². The van der Waals surface area contributed by atoms with Crippen molar-refractivity contribution in [3.63, 3.8) is 0 Å². The third-order valence-corrected chi connectivity index (χ3v) is 3.86. The monoisotopic (exact) mass is 360 g/mol. The van der Waals surface area contributed by atoms with Crippen LogP contribution in [-0.2, 0) is 4.79 Å². The molecule has 1 fully saturated rings. The van der Waals surface area contributed by atoms with E-state index in [1.165, 1.54) is 16.8 Å². The van der Waals surface area contributed by atoms with E-state index in [-0.39, 0.29) is 5.70 Å². The number of carbonyl (C=O) groups excluding carboxylic acids is 2. The van der Waals surface area contributed by atoms with E-state index in [1.54, 1.807) is 30.3 Å². The zero-order valence-corrected chi connectivity index (χ0v) is 13.7. The van der Waals surface area contributed by atoms with Gasteiger partial charge in [-0.25, -0.2) is 9.78 Å². The van der Waals surface area contributed by atoms with Crippen LogP contribution in [0.1, 0.15) is 11.1 Å². The highest BCUT2D eigenvalue weighted by atomic mass is 16.2. The molecule has 0 bridgehead atoms. The van der Waals surface area contributed by atoms with Crippen molar-refractivity contribution < 1.29 is 9.59 Å². The first-order chi connectivity index (χ1) is 13.0. The Bertz CT molecular complexity index is 1170. The molecule has 1 aromatic carbocycles. The summed E-state index contributed by atoms with van der Waals surface area (Å²) in [6.45, 7) is 0. The summed E-state index contributed by atoms with van der Waals surface area (Å²) in [5, 5.41) is 20.9. The Hall–Kier alpha value is -4.39. The quantitative estimate of drug-likeness (QED) is 0.403. The van der Waals surface area contributed by atoms with Crippen molar-refractivity contribution in [2.45, 2.75) is 0 Å². The fourth-order valence-corrected chi connectivity index (χ4v) is 2.63. The molecule has 0 atom stereocenters. The van der Waals surface area contributed by atoms with Crippen LogP contribution in [0.3, 0.4) is 0 Å². The molecule has 10 heteroatoms. The second-order valence-corrected chi connectivity index (χ2v) is 5.65. The smallest absolute Gasteiger partial charge is 0.326 e. The molecule has 0 unspecified atom stereocenters. The topological polar surface area (TPSA) is 150 Å².